The minimum atomic E-state index is 0.206. The Morgan fingerprint density at radius 3 is 2.68 bits per heavy atom. The molecule has 0 radical (unpaired) electrons. The maximum Gasteiger partial charge on any atom is 0.123 e. The van der Waals surface area contributed by atoms with Gasteiger partial charge in [-0.1, -0.05) is 12.1 Å². The molecule has 0 aliphatic carbocycles. The van der Waals surface area contributed by atoms with Crippen LogP contribution in [0.4, 0.5) is 0 Å². The molecular formula is C16H26N2O. The van der Waals surface area contributed by atoms with E-state index >= 15 is 0 Å². The first-order valence-electron chi connectivity index (χ1n) is 7.41. The Hall–Kier alpha value is -1.06. The van der Waals surface area contributed by atoms with Crippen molar-refractivity contribution in [3.8, 4) is 5.75 Å². The average molecular weight is 262 g/mol. The summed E-state index contributed by atoms with van der Waals surface area (Å²) in [5.74, 6) is 1.03. The van der Waals surface area contributed by atoms with E-state index < -0.39 is 0 Å². The van der Waals surface area contributed by atoms with Crippen molar-refractivity contribution in [2.24, 2.45) is 5.73 Å². The molecule has 19 heavy (non-hydrogen) atoms. The van der Waals surface area contributed by atoms with Crippen LogP contribution in [-0.2, 0) is 13.0 Å². The van der Waals surface area contributed by atoms with Crippen molar-refractivity contribution < 1.29 is 4.74 Å². The lowest BCUT2D eigenvalue weighted by Gasteiger charge is -2.19. The van der Waals surface area contributed by atoms with E-state index in [1.54, 1.807) is 0 Å². The van der Waals surface area contributed by atoms with Crippen molar-refractivity contribution in [2.75, 3.05) is 19.7 Å². The second kappa shape index (κ2) is 6.92. The number of ether oxygens (including phenoxy) is 1. The van der Waals surface area contributed by atoms with Crippen LogP contribution in [0.2, 0.25) is 0 Å². The first kappa shape index (κ1) is 14.4. The van der Waals surface area contributed by atoms with E-state index in [4.69, 9.17) is 10.5 Å². The highest BCUT2D eigenvalue weighted by molar-refractivity contribution is 5.37. The molecule has 106 valence electrons. The Kier molecular flexibility index (Phi) is 5.23. The van der Waals surface area contributed by atoms with Gasteiger partial charge in [0.2, 0.25) is 0 Å². The van der Waals surface area contributed by atoms with Crippen LogP contribution in [-0.4, -0.2) is 30.6 Å². The molecule has 1 aliphatic heterocycles. The molecule has 0 aromatic heterocycles. The van der Waals surface area contributed by atoms with Gasteiger partial charge in [-0.2, -0.15) is 0 Å². The molecule has 3 heteroatoms. The molecule has 1 saturated heterocycles. The maximum absolute atomic E-state index is 5.89. The molecule has 0 amide bonds. The van der Waals surface area contributed by atoms with E-state index in [1.807, 2.05) is 6.92 Å². The molecular weight excluding hydrogens is 236 g/mol. The lowest BCUT2D eigenvalue weighted by atomic mass is 10.0. The second-order valence-corrected chi connectivity index (χ2v) is 5.54. The minimum Gasteiger partial charge on any atom is -0.494 e. The van der Waals surface area contributed by atoms with Crippen LogP contribution in [0.1, 0.15) is 37.8 Å². The molecule has 3 nitrogen and oxygen atoms in total. The van der Waals surface area contributed by atoms with Gasteiger partial charge in [-0.05, 0) is 57.8 Å². The normalized spacial score (nSPS) is 17.6. The van der Waals surface area contributed by atoms with Crippen molar-refractivity contribution in [1.29, 1.82) is 0 Å². The fourth-order valence-corrected chi connectivity index (χ4v) is 2.73. The number of nitrogens with zero attached hydrogens (tertiary/aromatic N) is 1. The average Bonchev–Trinajstić information content (AvgIpc) is 2.85. The molecule has 1 atom stereocenters. The lowest BCUT2D eigenvalue weighted by Crippen LogP contribution is -2.20. The second-order valence-electron chi connectivity index (χ2n) is 5.54. The van der Waals surface area contributed by atoms with Gasteiger partial charge in [-0.3, -0.25) is 4.90 Å². The molecule has 0 saturated carbocycles. The zero-order chi connectivity index (χ0) is 13.7. The van der Waals surface area contributed by atoms with Crippen LogP contribution >= 0.6 is 0 Å². The highest BCUT2D eigenvalue weighted by atomic mass is 16.5. The maximum atomic E-state index is 5.89. The number of likely N-dealkylation sites (tertiary alicyclic amines) is 1. The summed E-state index contributed by atoms with van der Waals surface area (Å²) >= 11 is 0. The predicted molar refractivity (Wildman–Crippen MR) is 79.5 cm³/mol. The summed E-state index contributed by atoms with van der Waals surface area (Å²) in [5, 5.41) is 0. The monoisotopic (exact) mass is 262 g/mol. The molecule has 1 heterocycles. The van der Waals surface area contributed by atoms with Crippen LogP contribution in [0.25, 0.3) is 0 Å². The Labute approximate surface area is 116 Å². The number of hydrogen-bond donors (Lipinski definition) is 1. The van der Waals surface area contributed by atoms with Crippen molar-refractivity contribution in [1.82, 2.24) is 4.90 Å². The first-order chi connectivity index (χ1) is 9.19. The highest BCUT2D eigenvalue weighted by Gasteiger charge is 2.15. The van der Waals surface area contributed by atoms with E-state index in [-0.39, 0.29) is 6.04 Å². The van der Waals surface area contributed by atoms with Crippen LogP contribution in [0.15, 0.2) is 18.2 Å². The highest BCUT2D eigenvalue weighted by Crippen LogP contribution is 2.24. The first-order valence-corrected chi connectivity index (χ1v) is 7.41. The SMILES string of the molecule is CCOc1ccc(CC(C)N)cc1CN1CCCC1. The standard InChI is InChI=1S/C16H26N2O/c1-3-19-16-7-6-14(10-13(2)17)11-15(16)12-18-8-4-5-9-18/h6-7,11,13H,3-5,8-10,12,17H2,1-2H3. The Bertz CT molecular complexity index is 398. The zero-order valence-corrected chi connectivity index (χ0v) is 12.2. The molecule has 0 bridgehead atoms. The van der Waals surface area contributed by atoms with Crippen LogP contribution in [0.3, 0.4) is 0 Å². The predicted octanol–water partition coefficient (Wildman–Crippen LogP) is 2.57. The summed E-state index contributed by atoms with van der Waals surface area (Å²) in [6.45, 7) is 8.24. The Balaban J connectivity index is 2.14. The fourth-order valence-electron chi connectivity index (χ4n) is 2.73. The quantitative estimate of drug-likeness (QED) is 0.856. The summed E-state index contributed by atoms with van der Waals surface area (Å²) in [5.41, 5.74) is 8.51. The topological polar surface area (TPSA) is 38.5 Å². The fraction of sp³-hybridized carbons (Fsp3) is 0.625. The van der Waals surface area contributed by atoms with Crippen LogP contribution in [0, 0.1) is 0 Å². The van der Waals surface area contributed by atoms with Gasteiger partial charge in [0, 0.05) is 18.2 Å². The third kappa shape index (κ3) is 4.22. The molecule has 1 unspecified atom stereocenters. The van der Waals surface area contributed by atoms with E-state index in [0.717, 1.165) is 25.3 Å². The van der Waals surface area contributed by atoms with Crippen molar-refractivity contribution in [2.45, 2.75) is 45.7 Å². The summed E-state index contributed by atoms with van der Waals surface area (Å²) < 4.78 is 5.75. The van der Waals surface area contributed by atoms with Gasteiger partial charge < -0.3 is 10.5 Å². The van der Waals surface area contributed by atoms with E-state index in [2.05, 4.69) is 30.0 Å². The van der Waals surface area contributed by atoms with E-state index in [9.17, 15) is 0 Å². The van der Waals surface area contributed by atoms with E-state index in [0.29, 0.717) is 0 Å². The molecule has 1 aromatic rings. The van der Waals surface area contributed by atoms with Gasteiger partial charge in [0.1, 0.15) is 5.75 Å². The summed E-state index contributed by atoms with van der Waals surface area (Å²) in [4.78, 5) is 2.51. The largest absolute Gasteiger partial charge is 0.494 e. The molecule has 2 rings (SSSR count). The third-order valence-corrected chi connectivity index (χ3v) is 3.58. The van der Waals surface area contributed by atoms with Crippen molar-refractivity contribution >= 4 is 0 Å². The van der Waals surface area contributed by atoms with Gasteiger partial charge in [0.05, 0.1) is 6.61 Å². The summed E-state index contributed by atoms with van der Waals surface area (Å²) in [6.07, 6.45) is 3.58. The van der Waals surface area contributed by atoms with Crippen LogP contribution in [0.5, 0.6) is 5.75 Å². The third-order valence-electron chi connectivity index (χ3n) is 3.58. The Morgan fingerprint density at radius 2 is 2.05 bits per heavy atom. The number of hydrogen-bond acceptors (Lipinski definition) is 3. The smallest absolute Gasteiger partial charge is 0.123 e. The lowest BCUT2D eigenvalue weighted by molar-refractivity contribution is 0.304. The molecule has 1 fully saturated rings. The van der Waals surface area contributed by atoms with Gasteiger partial charge in [-0.15, -0.1) is 0 Å². The van der Waals surface area contributed by atoms with Gasteiger partial charge in [0.25, 0.3) is 0 Å². The number of benzene rings is 1. The van der Waals surface area contributed by atoms with Crippen molar-refractivity contribution in [3.63, 3.8) is 0 Å². The minimum absolute atomic E-state index is 0.206. The zero-order valence-electron chi connectivity index (χ0n) is 12.2. The number of rotatable bonds is 6. The van der Waals surface area contributed by atoms with Gasteiger partial charge in [-0.25, -0.2) is 0 Å². The molecule has 1 aromatic carbocycles. The Morgan fingerprint density at radius 1 is 1.32 bits per heavy atom. The van der Waals surface area contributed by atoms with Gasteiger partial charge >= 0.3 is 0 Å². The summed E-state index contributed by atoms with van der Waals surface area (Å²) in [7, 11) is 0. The molecule has 2 N–H and O–H groups in total. The summed E-state index contributed by atoms with van der Waals surface area (Å²) in [6, 6.07) is 6.72. The molecule has 0 spiro atoms. The van der Waals surface area contributed by atoms with Gasteiger partial charge in [0.15, 0.2) is 0 Å². The van der Waals surface area contributed by atoms with Crippen LogP contribution < -0.4 is 10.5 Å². The number of nitrogens with two attached hydrogens (primary N) is 1. The van der Waals surface area contributed by atoms with Crippen molar-refractivity contribution in [3.05, 3.63) is 29.3 Å². The molecule has 1 aliphatic rings. The van der Waals surface area contributed by atoms with E-state index in [1.165, 1.54) is 37.1 Å².